The molecule has 0 fully saturated rings. The van der Waals surface area contributed by atoms with E-state index >= 15 is 0 Å². The van der Waals surface area contributed by atoms with E-state index in [9.17, 15) is 5.11 Å². The summed E-state index contributed by atoms with van der Waals surface area (Å²) in [5.41, 5.74) is 2.79. The van der Waals surface area contributed by atoms with E-state index < -0.39 is 0 Å². The normalized spacial score (nSPS) is 26.3. The summed E-state index contributed by atoms with van der Waals surface area (Å²) in [6.07, 6.45) is 1.80. The van der Waals surface area contributed by atoms with Crippen molar-refractivity contribution in [3.63, 3.8) is 0 Å². The molecule has 0 aliphatic heterocycles. The fourth-order valence-electron chi connectivity index (χ4n) is 2.58. The summed E-state index contributed by atoms with van der Waals surface area (Å²) >= 11 is 0. The quantitative estimate of drug-likeness (QED) is 0.722. The largest absolute Gasteiger partial charge is 0.392 e. The fraction of sp³-hybridized carbons (Fsp3) is 0.538. The number of fused-ring (bicyclic) bond motifs is 1. The van der Waals surface area contributed by atoms with Crippen LogP contribution in [0.3, 0.4) is 0 Å². The van der Waals surface area contributed by atoms with Crippen LogP contribution in [0.2, 0.25) is 0 Å². The average molecular weight is 190 g/mol. The molecule has 2 unspecified atom stereocenters. The van der Waals surface area contributed by atoms with Crippen LogP contribution < -0.4 is 0 Å². The van der Waals surface area contributed by atoms with E-state index in [1.807, 2.05) is 0 Å². The van der Waals surface area contributed by atoms with E-state index in [0.717, 1.165) is 12.8 Å². The third-order valence-corrected chi connectivity index (χ3v) is 3.26. The Bertz CT molecular complexity index is 317. The zero-order valence-electron chi connectivity index (χ0n) is 8.90. The molecule has 1 nitrogen and oxygen atoms in total. The van der Waals surface area contributed by atoms with Gasteiger partial charge in [0.15, 0.2) is 0 Å². The third-order valence-electron chi connectivity index (χ3n) is 3.26. The highest BCUT2D eigenvalue weighted by atomic mass is 16.3. The Hall–Kier alpha value is -0.820. The summed E-state index contributed by atoms with van der Waals surface area (Å²) in [6, 6.07) is 8.53. The maximum atomic E-state index is 9.99. The molecule has 0 bridgehead atoms. The molecular formula is C13H18O. The molecule has 76 valence electrons. The molecule has 1 aromatic rings. The Labute approximate surface area is 85.8 Å². The van der Waals surface area contributed by atoms with E-state index in [1.165, 1.54) is 11.1 Å². The smallest absolute Gasteiger partial charge is 0.0614 e. The summed E-state index contributed by atoms with van der Waals surface area (Å²) in [5.74, 6) is 0.853. The second kappa shape index (κ2) is 3.74. The monoisotopic (exact) mass is 190 g/mol. The molecule has 0 amide bonds. The Morgan fingerprint density at radius 3 is 2.71 bits per heavy atom. The van der Waals surface area contributed by atoms with Crippen LogP contribution in [0.5, 0.6) is 0 Å². The molecule has 1 aliphatic rings. The van der Waals surface area contributed by atoms with Crippen molar-refractivity contribution in [3.8, 4) is 0 Å². The lowest BCUT2D eigenvalue weighted by Gasteiger charge is -2.33. The molecule has 1 heteroatoms. The number of benzene rings is 1. The Morgan fingerprint density at radius 1 is 1.29 bits per heavy atom. The predicted octanol–water partition coefficient (Wildman–Crippen LogP) is 2.73. The number of rotatable bonds is 1. The zero-order valence-corrected chi connectivity index (χ0v) is 8.90. The molecule has 0 aromatic heterocycles. The topological polar surface area (TPSA) is 20.2 Å². The van der Waals surface area contributed by atoms with Crippen LogP contribution in [0.15, 0.2) is 24.3 Å². The second-order valence-electron chi connectivity index (χ2n) is 4.57. The van der Waals surface area contributed by atoms with E-state index in [4.69, 9.17) is 0 Å². The average Bonchev–Trinajstić information content (AvgIpc) is 2.17. The Morgan fingerprint density at radius 2 is 2.00 bits per heavy atom. The summed E-state index contributed by atoms with van der Waals surface area (Å²) in [6.45, 7) is 4.38. The van der Waals surface area contributed by atoms with Crippen LogP contribution in [0.25, 0.3) is 0 Å². The van der Waals surface area contributed by atoms with Crippen molar-refractivity contribution in [2.24, 2.45) is 5.92 Å². The maximum Gasteiger partial charge on any atom is 0.0614 e. The van der Waals surface area contributed by atoms with Gasteiger partial charge >= 0.3 is 0 Å². The van der Waals surface area contributed by atoms with Gasteiger partial charge in [-0.2, -0.15) is 0 Å². The first-order chi connectivity index (χ1) is 6.70. The van der Waals surface area contributed by atoms with Gasteiger partial charge in [0.1, 0.15) is 0 Å². The highest BCUT2D eigenvalue weighted by Crippen LogP contribution is 2.36. The summed E-state index contributed by atoms with van der Waals surface area (Å²) in [7, 11) is 0. The molecule has 2 rings (SSSR count). The van der Waals surface area contributed by atoms with Gasteiger partial charge in [-0.3, -0.25) is 0 Å². The lowest BCUT2D eigenvalue weighted by atomic mass is 9.75. The lowest BCUT2D eigenvalue weighted by Crippen LogP contribution is -2.28. The molecule has 0 saturated carbocycles. The third kappa shape index (κ3) is 1.57. The molecule has 14 heavy (non-hydrogen) atoms. The van der Waals surface area contributed by atoms with Crippen molar-refractivity contribution < 1.29 is 5.11 Å². The van der Waals surface area contributed by atoms with Gasteiger partial charge in [-0.15, -0.1) is 0 Å². The van der Waals surface area contributed by atoms with Crippen LogP contribution in [-0.4, -0.2) is 11.2 Å². The molecule has 1 aromatic carbocycles. The Kier molecular flexibility index (Phi) is 2.60. The second-order valence-corrected chi connectivity index (χ2v) is 4.57. The standard InChI is InChI=1S/C13H18O/c1-9(2)13-11-6-4-3-5-10(11)7-8-12(13)14/h3-6,9,12-14H,7-8H2,1-2H3. The van der Waals surface area contributed by atoms with E-state index in [1.54, 1.807) is 0 Å². The van der Waals surface area contributed by atoms with Gasteiger partial charge in [0.05, 0.1) is 6.10 Å². The van der Waals surface area contributed by atoms with Crippen LogP contribution in [-0.2, 0) is 6.42 Å². The van der Waals surface area contributed by atoms with Crippen LogP contribution in [0.4, 0.5) is 0 Å². The molecular weight excluding hydrogens is 172 g/mol. The Balaban J connectivity index is 2.41. The van der Waals surface area contributed by atoms with Crippen molar-refractivity contribution in [1.29, 1.82) is 0 Å². The minimum atomic E-state index is -0.148. The van der Waals surface area contributed by atoms with E-state index in [0.29, 0.717) is 11.8 Å². The number of aryl methyl sites for hydroxylation is 1. The maximum absolute atomic E-state index is 9.99. The van der Waals surface area contributed by atoms with Crippen molar-refractivity contribution in [3.05, 3.63) is 35.4 Å². The minimum Gasteiger partial charge on any atom is -0.392 e. The van der Waals surface area contributed by atoms with Crippen LogP contribution in [0.1, 0.15) is 37.3 Å². The van der Waals surface area contributed by atoms with Crippen LogP contribution >= 0.6 is 0 Å². The molecule has 1 aliphatic carbocycles. The van der Waals surface area contributed by atoms with Gasteiger partial charge in [-0.1, -0.05) is 38.1 Å². The molecule has 0 saturated heterocycles. The highest BCUT2D eigenvalue weighted by molar-refractivity contribution is 5.34. The summed E-state index contributed by atoms with van der Waals surface area (Å²) < 4.78 is 0. The number of aliphatic hydroxyl groups excluding tert-OH is 1. The van der Waals surface area contributed by atoms with E-state index in [2.05, 4.69) is 38.1 Å². The van der Waals surface area contributed by atoms with Gasteiger partial charge in [0.2, 0.25) is 0 Å². The predicted molar refractivity (Wildman–Crippen MR) is 58.3 cm³/mol. The van der Waals surface area contributed by atoms with Gasteiger partial charge in [0.25, 0.3) is 0 Å². The molecule has 0 heterocycles. The van der Waals surface area contributed by atoms with Gasteiger partial charge < -0.3 is 5.11 Å². The lowest BCUT2D eigenvalue weighted by molar-refractivity contribution is 0.106. The van der Waals surface area contributed by atoms with Gasteiger partial charge in [0, 0.05) is 5.92 Å². The number of hydrogen-bond acceptors (Lipinski definition) is 1. The minimum absolute atomic E-state index is 0.148. The van der Waals surface area contributed by atoms with Gasteiger partial charge in [-0.05, 0) is 29.9 Å². The van der Waals surface area contributed by atoms with E-state index in [-0.39, 0.29) is 6.10 Å². The molecule has 0 spiro atoms. The number of aliphatic hydroxyl groups is 1. The number of hydrogen-bond donors (Lipinski definition) is 1. The van der Waals surface area contributed by atoms with Crippen molar-refractivity contribution in [2.75, 3.05) is 0 Å². The summed E-state index contributed by atoms with van der Waals surface area (Å²) in [4.78, 5) is 0. The van der Waals surface area contributed by atoms with Crippen LogP contribution in [0, 0.1) is 5.92 Å². The fourth-order valence-corrected chi connectivity index (χ4v) is 2.58. The van der Waals surface area contributed by atoms with Crippen molar-refractivity contribution in [2.45, 2.75) is 38.7 Å². The van der Waals surface area contributed by atoms with Crippen molar-refractivity contribution >= 4 is 0 Å². The highest BCUT2D eigenvalue weighted by Gasteiger charge is 2.29. The first-order valence-corrected chi connectivity index (χ1v) is 5.46. The SMILES string of the molecule is CC(C)C1c2ccccc2CCC1O. The summed E-state index contributed by atoms with van der Waals surface area (Å²) in [5, 5.41) is 9.99. The first-order valence-electron chi connectivity index (χ1n) is 5.46. The van der Waals surface area contributed by atoms with Gasteiger partial charge in [-0.25, -0.2) is 0 Å². The first kappa shape index (κ1) is 9.72. The van der Waals surface area contributed by atoms with Crippen molar-refractivity contribution in [1.82, 2.24) is 0 Å². The zero-order chi connectivity index (χ0) is 10.1. The molecule has 2 atom stereocenters. The molecule has 0 radical (unpaired) electrons. The molecule has 1 N–H and O–H groups in total.